The lowest BCUT2D eigenvalue weighted by molar-refractivity contribution is -0.120. The van der Waals surface area contributed by atoms with Gasteiger partial charge in [-0.25, -0.2) is 4.98 Å². The van der Waals surface area contributed by atoms with E-state index in [2.05, 4.69) is 10.3 Å². The SMILES string of the molecule is O=C(Cc1csc(N2CCCC2=O)n1)NCc1cccc(Oc2ccccc2)c1. The molecule has 0 saturated carbocycles. The number of rotatable bonds is 7. The number of anilines is 1. The Morgan fingerprint density at radius 1 is 1.14 bits per heavy atom. The molecule has 2 aromatic carbocycles. The lowest BCUT2D eigenvalue weighted by Gasteiger charge is -2.10. The second kappa shape index (κ2) is 8.87. The second-order valence-electron chi connectivity index (χ2n) is 6.79. The summed E-state index contributed by atoms with van der Waals surface area (Å²) in [5.74, 6) is 1.49. The lowest BCUT2D eigenvalue weighted by atomic mass is 10.2. The first kappa shape index (κ1) is 19.1. The van der Waals surface area contributed by atoms with E-state index in [1.807, 2.05) is 60.0 Å². The van der Waals surface area contributed by atoms with E-state index in [0.29, 0.717) is 30.3 Å². The molecule has 1 fully saturated rings. The molecule has 1 aromatic heterocycles. The molecule has 1 saturated heterocycles. The van der Waals surface area contributed by atoms with Crippen molar-refractivity contribution in [2.45, 2.75) is 25.8 Å². The normalized spacial score (nSPS) is 13.5. The highest BCUT2D eigenvalue weighted by molar-refractivity contribution is 7.14. The lowest BCUT2D eigenvalue weighted by Crippen LogP contribution is -2.25. The monoisotopic (exact) mass is 407 g/mol. The quantitative estimate of drug-likeness (QED) is 0.644. The zero-order valence-electron chi connectivity index (χ0n) is 15.8. The van der Waals surface area contributed by atoms with E-state index in [1.165, 1.54) is 11.3 Å². The first-order chi connectivity index (χ1) is 14.2. The molecule has 0 radical (unpaired) electrons. The van der Waals surface area contributed by atoms with Crippen molar-refractivity contribution in [2.24, 2.45) is 0 Å². The molecule has 0 unspecified atom stereocenters. The molecule has 0 atom stereocenters. The van der Waals surface area contributed by atoms with E-state index < -0.39 is 0 Å². The minimum absolute atomic E-state index is 0.105. The van der Waals surface area contributed by atoms with Gasteiger partial charge < -0.3 is 10.1 Å². The van der Waals surface area contributed by atoms with Crippen LogP contribution >= 0.6 is 11.3 Å². The third-order valence-electron chi connectivity index (χ3n) is 4.55. The van der Waals surface area contributed by atoms with Crippen LogP contribution in [0.3, 0.4) is 0 Å². The molecule has 148 valence electrons. The first-order valence-corrected chi connectivity index (χ1v) is 10.4. The highest BCUT2D eigenvalue weighted by atomic mass is 32.1. The zero-order valence-corrected chi connectivity index (χ0v) is 16.7. The summed E-state index contributed by atoms with van der Waals surface area (Å²) in [5, 5.41) is 5.44. The van der Waals surface area contributed by atoms with Gasteiger partial charge in [0, 0.05) is 24.9 Å². The number of nitrogens with one attached hydrogen (secondary N) is 1. The Morgan fingerprint density at radius 2 is 1.97 bits per heavy atom. The summed E-state index contributed by atoms with van der Waals surface area (Å²) < 4.78 is 5.83. The Balaban J connectivity index is 1.30. The number of para-hydroxylation sites is 1. The Labute approximate surface area is 173 Å². The predicted molar refractivity (Wildman–Crippen MR) is 112 cm³/mol. The van der Waals surface area contributed by atoms with Gasteiger partial charge in [0.05, 0.1) is 12.1 Å². The van der Waals surface area contributed by atoms with Gasteiger partial charge in [0.1, 0.15) is 11.5 Å². The van der Waals surface area contributed by atoms with Crippen LogP contribution in [-0.2, 0) is 22.6 Å². The number of benzene rings is 2. The van der Waals surface area contributed by atoms with Gasteiger partial charge in [0.25, 0.3) is 0 Å². The molecule has 1 aliphatic heterocycles. The number of carbonyl (C=O) groups excluding carboxylic acids is 2. The van der Waals surface area contributed by atoms with Crippen LogP contribution in [0.4, 0.5) is 5.13 Å². The molecular formula is C22H21N3O3S. The van der Waals surface area contributed by atoms with E-state index in [0.717, 1.165) is 23.5 Å². The highest BCUT2D eigenvalue weighted by Gasteiger charge is 2.24. The number of carbonyl (C=O) groups is 2. The van der Waals surface area contributed by atoms with Crippen molar-refractivity contribution in [3.63, 3.8) is 0 Å². The third kappa shape index (κ3) is 5.00. The van der Waals surface area contributed by atoms with Crippen molar-refractivity contribution in [3.05, 3.63) is 71.2 Å². The number of nitrogens with zero attached hydrogens (tertiary/aromatic N) is 2. The third-order valence-corrected chi connectivity index (χ3v) is 5.47. The van der Waals surface area contributed by atoms with Gasteiger partial charge in [-0.05, 0) is 36.2 Å². The smallest absolute Gasteiger partial charge is 0.228 e. The van der Waals surface area contributed by atoms with Crippen LogP contribution in [0.2, 0.25) is 0 Å². The van der Waals surface area contributed by atoms with Crippen LogP contribution in [0.5, 0.6) is 11.5 Å². The summed E-state index contributed by atoms with van der Waals surface area (Å²) in [4.78, 5) is 30.2. The Bertz CT molecular complexity index is 1000. The average molecular weight is 407 g/mol. The molecular weight excluding hydrogens is 386 g/mol. The largest absolute Gasteiger partial charge is 0.457 e. The Kier molecular flexibility index (Phi) is 5.86. The first-order valence-electron chi connectivity index (χ1n) is 9.51. The summed E-state index contributed by atoms with van der Waals surface area (Å²) in [6.45, 7) is 1.12. The van der Waals surface area contributed by atoms with Gasteiger partial charge in [-0.1, -0.05) is 30.3 Å². The van der Waals surface area contributed by atoms with Crippen LogP contribution in [0, 0.1) is 0 Å². The molecule has 2 heterocycles. The van der Waals surface area contributed by atoms with E-state index in [9.17, 15) is 9.59 Å². The van der Waals surface area contributed by atoms with Crippen LogP contribution in [0.15, 0.2) is 60.0 Å². The maximum atomic E-state index is 12.3. The van der Waals surface area contributed by atoms with Crippen molar-refractivity contribution in [3.8, 4) is 11.5 Å². The van der Waals surface area contributed by atoms with Crippen molar-refractivity contribution in [1.29, 1.82) is 0 Å². The van der Waals surface area contributed by atoms with Crippen LogP contribution in [-0.4, -0.2) is 23.3 Å². The fourth-order valence-electron chi connectivity index (χ4n) is 3.12. The summed E-state index contributed by atoms with van der Waals surface area (Å²) in [7, 11) is 0. The molecule has 29 heavy (non-hydrogen) atoms. The predicted octanol–water partition coefficient (Wildman–Crippen LogP) is 3.92. The van der Waals surface area contributed by atoms with Crippen LogP contribution in [0.25, 0.3) is 0 Å². The van der Waals surface area contributed by atoms with Gasteiger partial charge in [-0.3, -0.25) is 14.5 Å². The van der Waals surface area contributed by atoms with Gasteiger partial charge in [-0.15, -0.1) is 11.3 Å². The van der Waals surface area contributed by atoms with Gasteiger partial charge >= 0.3 is 0 Å². The molecule has 4 rings (SSSR count). The highest BCUT2D eigenvalue weighted by Crippen LogP contribution is 2.25. The summed E-state index contributed by atoms with van der Waals surface area (Å²) >= 11 is 1.41. The van der Waals surface area contributed by atoms with Crippen molar-refractivity contribution >= 4 is 28.3 Å². The number of amides is 2. The molecule has 0 spiro atoms. The van der Waals surface area contributed by atoms with Gasteiger partial charge in [-0.2, -0.15) is 0 Å². The molecule has 6 nitrogen and oxygen atoms in total. The Hall–Kier alpha value is -3.19. The molecule has 2 amide bonds. The number of aromatic nitrogens is 1. The fourth-order valence-corrected chi connectivity index (χ4v) is 3.99. The molecule has 0 bridgehead atoms. The number of ether oxygens (including phenoxy) is 1. The maximum absolute atomic E-state index is 12.3. The summed E-state index contributed by atoms with van der Waals surface area (Å²) in [6, 6.07) is 17.2. The van der Waals surface area contributed by atoms with Crippen molar-refractivity contribution < 1.29 is 14.3 Å². The number of thiazole rings is 1. The van der Waals surface area contributed by atoms with E-state index in [4.69, 9.17) is 4.74 Å². The summed E-state index contributed by atoms with van der Waals surface area (Å²) in [5.41, 5.74) is 1.64. The van der Waals surface area contributed by atoms with Crippen LogP contribution < -0.4 is 15.0 Å². The molecule has 1 aliphatic rings. The second-order valence-corrected chi connectivity index (χ2v) is 7.62. The maximum Gasteiger partial charge on any atom is 0.228 e. The molecule has 1 N–H and O–H groups in total. The van der Waals surface area contributed by atoms with Gasteiger partial charge in [0.15, 0.2) is 5.13 Å². The van der Waals surface area contributed by atoms with E-state index >= 15 is 0 Å². The molecule has 3 aromatic rings. The molecule has 7 heteroatoms. The number of hydrogen-bond acceptors (Lipinski definition) is 5. The number of hydrogen-bond donors (Lipinski definition) is 1. The minimum atomic E-state index is -0.107. The summed E-state index contributed by atoms with van der Waals surface area (Å²) in [6.07, 6.45) is 1.63. The Morgan fingerprint density at radius 3 is 2.76 bits per heavy atom. The average Bonchev–Trinajstić information content (AvgIpc) is 3.36. The minimum Gasteiger partial charge on any atom is -0.457 e. The topological polar surface area (TPSA) is 71.5 Å². The van der Waals surface area contributed by atoms with E-state index in [1.54, 1.807) is 4.90 Å². The molecule has 0 aliphatic carbocycles. The van der Waals surface area contributed by atoms with Crippen molar-refractivity contribution in [2.75, 3.05) is 11.4 Å². The van der Waals surface area contributed by atoms with E-state index in [-0.39, 0.29) is 18.2 Å². The van der Waals surface area contributed by atoms with Crippen LogP contribution in [0.1, 0.15) is 24.1 Å². The van der Waals surface area contributed by atoms with Gasteiger partial charge in [0.2, 0.25) is 11.8 Å². The van der Waals surface area contributed by atoms with Crippen molar-refractivity contribution in [1.82, 2.24) is 10.3 Å². The fraction of sp³-hybridized carbons (Fsp3) is 0.227. The standard InChI is InChI=1S/C22H21N3O3S/c26-20(13-17-15-29-22(24-17)25-11-5-10-21(25)27)23-14-16-6-4-9-19(12-16)28-18-7-2-1-3-8-18/h1-4,6-9,12,15H,5,10-11,13-14H2,(H,23,26). The zero-order chi connectivity index (χ0) is 20.1.